The number of sulfone groups is 2. The van der Waals surface area contributed by atoms with Gasteiger partial charge in [0, 0.05) is 18.6 Å². The first-order chi connectivity index (χ1) is 15.1. The van der Waals surface area contributed by atoms with Gasteiger partial charge in [-0.05, 0) is 43.3 Å². The first-order valence-electron chi connectivity index (χ1n) is 10.8. The molecule has 1 fully saturated rings. The summed E-state index contributed by atoms with van der Waals surface area (Å²) in [5.74, 6) is -1.66. The summed E-state index contributed by atoms with van der Waals surface area (Å²) in [7, 11) is -7.77. The highest BCUT2D eigenvalue weighted by Gasteiger charge is 2.46. The van der Waals surface area contributed by atoms with Crippen LogP contribution in [0.4, 0.5) is 4.39 Å². The van der Waals surface area contributed by atoms with Crippen LogP contribution in [0.15, 0.2) is 53.4 Å². The summed E-state index contributed by atoms with van der Waals surface area (Å²) in [5.41, 5.74) is 1.66. The van der Waals surface area contributed by atoms with Crippen LogP contribution in [0.5, 0.6) is 0 Å². The molecule has 0 aliphatic carbocycles. The molecular weight excluding hydrogens is 451 g/mol. The molecule has 6 nitrogen and oxygen atoms in total. The van der Waals surface area contributed by atoms with Crippen molar-refractivity contribution in [3.8, 4) is 0 Å². The molecule has 9 heteroatoms. The lowest BCUT2D eigenvalue weighted by atomic mass is 10.0. The lowest BCUT2D eigenvalue weighted by Crippen LogP contribution is -2.47. The minimum atomic E-state index is -4.19. The van der Waals surface area contributed by atoms with E-state index in [1.165, 1.54) is 12.1 Å². The molecule has 32 heavy (non-hydrogen) atoms. The molecule has 1 N–H and O–H groups in total. The van der Waals surface area contributed by atoms with E-state index < -0.39 is 47.4 Å². The van der Waals surface area contributed by atoms with Crippen LogP contribution in [0.1, 0.15) is 31.0 Å². The molecule has 2 aromatic carbocycles. The number of benzene rings is 2. The van der Waals surface area contributed by atoms with Crippen LogP contribution >= 0.6 is 0 Å². The molecule has 3 atom stereocenters. The first-order valence-corrected chi connectivity index (χ1v) is 14.2. The van der Waals surface area contributed by atoms with Crippen LogP contribution in [0.25, 0.3) is 0 Å². The number of halogens is 1. The first kappa shape index (κ1) is 24.8. The molecular formula is C23H31FN2O4S2. The summed E-state index contributed by atoms with van der Waals surface area (Å²) >= 11 is 0. The zero-order chi connectivity index (χ0) is 23.5. The van der Waals surface area contributed by atoms with Gasteiger partial charge in [0.1, 0.15) is 10.7 Å². The third-order valence-corrected chi connectivity index (χ3v) is 10.3. The molecule has 1 unspecified atom stereocenters. The van der Waals surface area contributed by atoms with Crippen molar-refractivity contribution >= 4 is 19.7 Å². The number of hydrogen-bond donors (Lipinski definition) is 1. The number of nitrogens with one attached hydrogen (secondary N) is 1. The van der Waals surface area contributed by atoms with Gasteiger partial charge in [-0.1, -0.05) is 50.2 Å². The van der Waals surface area contributed by atoms with Crippen LogP contribution in [-0.2, 0) is 19.7 Å². The van der Waals surface area contributed by atoms with Crippen LogP contribution in [-0.4, -0.2) is 64.2 Å². The summed E-state index contributed by atoms with van der Waals surface area (Å²) in [4.78, 5) is 1.80. The van der Waals surface area contributed by atoms with Crippen molar-refractivity contribution in [2.45, 2.75) is 43.0 Å². The molecule has 1 heterocycles. The van der Waals surface area contributed by atoms with Crippen LogP contribution < -0.4 is 5.32 Å². The van der Waals surface area contributed by atoms with Gasteiger partial charge < -0.3 is 5.32 Å². The number of aryl methyl sites for hydroxylation is 1. The van der Waals surface area contributed by atoms with E-state index in [4.69, 9.17) is 0 Å². The van der Waals surface area contributed by atoms with Gasteiger partial charge in [0.15, 0.2) is 19.7 Å². The number of nitrogens with zero attached hydrogens (tertiary/aromatic N) is 1. The van der Waals surface area contributed by atoms with E-state index in [0.717, 1.165) is 24.7 Å². The SMILES string of the molecule is CCN(CC)C(CN[C@H]1CS(=O)(=O)C[C@@H]1S(=O)(=O)c1cc(C)ccc1F)c1ccccc1. The zero-order valence-electron chi connectivity index (χ0n) is 18.7. The zero-order valence-corrected chi connectivity index (χ0v) is 20.3. The highest BCUT2D eigenvalue weighted by Crippen LogP contribution is 2.29. The summed E-state index contributed by atoms with van der Waals surface area (Å²) in [5, 5.41) is 1.98. The monoisotopic (exact) mass is 482 g/mol. The van der Waals surface area contributed by atoms with Gasteiger partial charge >= 0.3 is 0 Å². The van der Waals surface area contributed by atoms with Gasteiger partial charge in [0.2, 0.25) is 0 Å². The summed E-state index contributed by atoms with van der Waals surface area (Å²) in [6.07, 6.45) is 0. The van der Waals surface area contributed by atoms with Crippen molar-refractivity contribution in [1.82, 2.24) is 10.2 Å². The Morgan fingerprint density at radius 2 is 1.75 bits per heavy atom. The molecule has 1 saturated heterocycles. The average Bonchev–Trinajstić information content (AvgIpc) is 3.08. The lowest BCUT2D eigenvalue weighted by molar-refractivity contribution is 0.209. The second-order valence-corrected chi connectivity index (χ2v) is 12.5. The lowest BCUT2D eigenvalue weighted by Gasteiger charge is -2.32. The highest BCUT2D eigenvalue weighted by atomic mass is 32.2. The summed E-state index contributed by atoms with van der Waals surface area (Å²) in [6, 6.07) is 12.8. The Hall–Kier alpha value is -1.81. The van der Waals surface area contributed by atoms with E-state index >= 15 is 0 Å². The minimum absolute atomic E-state index is 0.0476. The van der Waals surface area contributed by atoms with E-state index in [-0.39, 0.29) is 11.8 Å². The second kappa shape index (κ2) is 9.99. The van der Waals surface area contributed by atoms with E-state index in [1.807, 2.05) is 44.2 Å². The highest BCUT2D eigenvalue weighted by molar-refractivity contribution is 7.96. The summed E-state index contributed by atoms with van der Waals surface area (Å²) in [6.45, 7) is 7.73. The van der Waals surface area contributed by atoms with Gasteiger partial charge in [-0.3, -0.25) is 4.90 Å². The van der Waals surface area contributed by atoms with E-state index in [1.54, 1.807) is 6.92 Å². The van der Waals surface area contributed by atoms with E-state index in [0.29, 0.717) is 12.1 Å². The molecule has 1 aliphatic rings. The largest absolute Gasteiger partial charge is 0.310 e. The summed E-state index contributed by atoms with van der Waals surface area (Å²) < 4.78 is 65.9. The maximum Gasteiger partial charge on any atom is 0.186 e. The van der Waals surface area contributed by atoms with Crippen molar-refractivity contribution < 1.29 is 21.2 Å². The Morgan fingerprint density at radius 3 is 2.38 bits per heavy atom. The smallest absolute Gasteiger partial charge is 0.186 e. The van der Waals surface area contributed by atoms with Crippen molar-refractivity contribution in [2.75, 3.05) is 31.1 Å². The Balaban J connectivity index is 1.90. The number of hydrogen-bond acceptors (Lipinski definition) is 6. The molecule has 0 amide bonds. The Bertz CT molecular complexity index is 1130. The molecule has 0 aromatic heterocycles. The van der Waals surface area contributed by atoms with Crippen LogP contribution in [0.3, 0.4) is 0 Å². The fourth-order valence-electron chi connectivity index (χ4n) is 4.36. The molecule has 0 bridgehead atoms. The predicted octanol–water partition coefficient (Wildman–Crippen LogP) is 2.75. The van der Waals surface area contributed by atoms with Gasteiger partial charge in [-0.15, -0.1) is 0 Å². The molecule has 176 valence electrons. The van der Waals surface area contributed by atoms with Gasteiger partial charge in [0.05, 0.1) is 16.8 Å². The van der Waals surface area contributed by atoms with E-state index in [9.17, 15) is 21.2 Å². The quantitative estimate of drug-likeness (QED) is 0.592. The molecule has 3 rings (SSSR count). The van der Waals surface area contributed by atoms with Gasteiger partial charge in [-0.2, -0.15) is 0 Å². The van der Waals surface area contributed by atoms with Crippen molar-refractivity contribution in [3.05, 3.63) is 65.5 Å². The molecule has 0 saturated carbocycles. The number of likely N-dealkylation sites (N-methyl/N-ethyl adjacent to an activating group) is 1. The minimum Gasteiger partial charge on any atom is -0.310 e. The Kier molecular flexibility index (Phi) is 7.75. The standard InChI is InChI=1S/C23H31FN2O4S2/c1-4-26(5-2)21(18-9-7-6-8-10-18)14-25-20-15-31(27,28)16-23(20)32(29,30)22-13-17(3)11-12-19(22)24/h6-13,20-21,23,25H,4-5,14-16H2,1-3H3/t20-,21?,23-/m0/s1. The van der Waals surface area contributed by atoms with E-state index in [2.05, 4.69) is 10.2 Å². The van der Waals surface area contributed by atoms with Crippen molar-refractivity contribution in [1.29, 1.82) is 0 Å². The predicted molar refractivity (Wildman–Crippen MR) is 125 cm³/mol. The van der Waals surface area contributed by atoms with Crippen molar-refractivity contribution in [2.24, 2.45) is 0 Å². The Labute approximate surface area is 190 Å². The third kappa shape index (κ3) is 5.39. The maximum atomic E-state index is 14.4. The molecule has 0 radical (unpaired) electrons. The Morgan fingerprint density at radius 1 is 1.09 bits per heavy atom. The third-order valence-electron chi connectivity index (χ3n) is 6.10. The van der Waals surface area contributed by atoms with Crippen LogP contribution in [0, 0.1) is 12.7 Å². The fraction of sp³-hybridized carbons (Fsp3) is 0.478. The van der Waals surface area contributed by atoms with Gasteiger partial charge in [-0.25, -0.2) is 21.2 Å². The van der Waals surface area contributed by atoms with Crippen molar-refractivity contribution in [3.63, 3.8) is 0 Å². The molecule has 0 spiro atoms. The van der Waals surface area contributed by atoms with Crippen LogP contribution in [0.2, 0.25) is 0 Å². The fourth-order valence-corrected chi connectivity index (χ4v) is 9.23. The second-order valence-electron chi connectivity index (χ2n) is 8.26. The average molecular weight is 483 g/mol. The topological polar surface area (TPSA) is 83.6 Å². The maximum absolute atomic E-state index is 14.4. The number of rotatable bonds is 9. The molecule has 2 aromatic rings. The normalized spacial score (nSPS) is 21.7. The van der Waals surface area contributed by atoms with Gasteiger partial charge in [0.25, 0.3) is 0 Å². The molecule has 1 aliphatic heterocycles.